The largest absolute Gasteiger partial charge is 0.377 e. The van der Waals surface area contributed by atoms with E-state index in [-0.39, 0.29) is 23.4 Å². The van der Waals surface area contributed by atoms with Crippen molar-refractivity contribution >= 4 is 23.6 Å². The molecule has 3 aliphatic heterocycles. The maximum absolute atomic E-state index is 12.9. The highest BCUT2D eigenvalue weighted by Crippen LogP contribution is 2.41. The standard InChI is InChI=1S/C24H35N9O2/c1-15-13-35-10-9-32(15)22-29-18(16-11-27-21(25)28-12-16)17-5-7-33(19(17)30-22)24(4)6-8-31(14-24)20(34)23(2,3)26/h11-12,15H,5-10,13-14,26H2,1-4H3,(H2,25,27,28)/t15-,24-/m0/s1. The van der Waals surface area contributed by atoms with Gasteiger partial charge in [-0.05, 0) is 40.5 Å². The van der Waals surface area contributed by atoms with Crippen molar-refractivity contribution in [2.45, 2.75) is 57.7 Å². The van der Waals surface area contributed by atoms with Crippen molar-refractivity contribution in [3.8, 4) is 11.3 Å². The Labute approximate surface area is 205 Å². The highest BCUT2D eigenvalue weighted by Gasteiger charge is 2.46. The molecule has 0 spiro atoms. The summed E-state index contributed by atoms with van der Waals surface area (Å²) in [6.07, 6.45) is 5.10. The summed E-state index contributed by atoms with van der Waals surface area (Å²) in [6, 6.07) is 0.161. The van der Waals surface area contributed by atoms with Gasteiger partial charge in [0.25, 0.3) is 0 Å². The zero-order valence-corrected chi connectivity index (χ0v) is 21.0. The number of fused-ring (bicyclic) bond motifs is 1. The number of nitrogens with two attached hydrogens (primary N) is 2. The molecule has 0 bridgehead atoms. The predicted octanol–water partition coefficient (Wildman–Crippen LogP) is 0.832. The molecule has 0 saturated carbocycles. The van der Waals surface area contributed by atoms with Crippen LogP contribution in [0.5, 0.6) is 0 Å². The van der Waals surface area contributed by atoms with Crippen LogP contribution in [-0.4, -0.2) is 87.3 Å². The summed E-state index contributed by atoms with van der Waals surface area (Å²) < 4.78 is 5.65. The molecule has 2 fully saturated rings. The summed E-state index contributed by atoms with van der Waals surface area (Å²) in [5.41, 5.74) is 13.5. The Morgan fingerprint density at radius 3 is 2.63 bits per heavy atom. The van der Waals surface area contributed by atoms with E-state index in [0.717, 1.165) is 48.6 Å². The zero-order chi connectivity index (χ0) is 25.0. The molecule has 35 heavy (non-hydrogen) atoms. The van der Waals surface area contributed by atoms with Crippen LogP contribution in [0.25, 0.3) is 11.3 Å². The summed E-state index contributed by atoms with van der Waals surface area (Å²) in [6.45, 7) is 12.0. The first kappa shape index (κ1) is 23.7. The van der Waals surface area contributed by atoms with E-state index < -0.39 is 5.54 Å². The van der Waals surface area contributed by atoms with Crippen LogP contribution in [-0.2, 0) is 16.0 Å². The number of hydrogen-bond acceptors (Lipinski definition) is 10. The van der Waals surface area contributed by atoms with Gasteiger partial charge < -0.3 is 30.9 Å². The van der Waals surface area contributed by atoms with Crippen LogP contribution in [0.2, 0.25) is 0 Å². The molecule has 2 aromatic rings. The minimum absolute atomic E-state index is 0.0223. The third-order valence-corrected chi connectivity index (χ3v) is 7.33. The van der Waals surface area contributed by atoms with Crippen molar-refractivity contribution in [2.75, 3.05) is 54.9 Å². The van der Waals surface area contributed by atoms with Crippen LogP contribution in [0.4, 0.5) is 17.7 Å². The molecule has 2 aromatic heterocycles. The first-order valence-corrected chi connectivity index (χ1v) is 12.3. The monoisotopic (exact) mass is 481 g/mol. The quantitative estimate of drug-likeness (QED) is 0.645. The number of rotatable bonds is 4. The number of carbonyl (C=O) groups is 1. The summed E-state index contributed by atoms with van der Waals surface area (Å²) in [5.74, 6) is 1.81. The second-order valence-corrected chi connectivity index (χ2v) is 10.7. The van der Waals surface area contributed by atoms with Gasteiger partial charge in [-0.15, -0.1) is 0 Å². The van der Waals surface area contributed by atoms with Crippen LogP contribution in [0.15, 0.2) is 12.4 Å². The number of hydrogen-bond donors (Lipinski definition) is 2. The van der Waals surface area contributed by atoms with Gasteiger partial charge in [-0.3, -0.25) is 4.79 Å². The number of morpholine rings is 1. The van der Waals surface area contributed by atoms with Gasteiger partial charge >= 0.3 is 0 Å². The van der Waals surface area contributed by atoms with Crippen molar-refractivity contribution in [1.29, 1.82) is 0 Å². The number of carbonyl (C=O) groups excluding carboxylic acids is 1. The second-order valence-electron chi connectivity index (χ2n) is 10.7. The van der Waals surface area contributed by atoms with Gasteiger partial charge in [0.1, 0.15) is 5.82 Å². The van der Waals surface area contributed by atoms with E-state index in [1.807, 2.05) is 4.90 Å². The molecule has 0 unspecified atom stereocenters. The van der Waals surface area contributed by atoms with Crippen molar-refractivity contribution in [3.05, 3.63) is 18.0 Å². The van der Waals surface area contributed by atoms with Crippen LogP contribution in [0, 0.1) is 0 Å². The third kappa shape index (κ3) is 4.27. The number of likely N-dealkylation sites (tertiary alicyclic amines) is 1. The van der Waals surface area contributed by atoms with E-state index in [2.05, 4.69) is 33.6 Å². The lowest BCUT2D eigenvalue weighted by atomic mass is 9.99. The molecule has 188 valence electrons. The number of amides is 1. The number of nitrogen functional groups attached to an aromatic ring is 1. The lowest BCUT2D eigenvalue weighted by Gasteiger charge is -2.38. The van der Waals surface area contributed by atoms with Gasteiger partial charge in [0.15, 0.2) is 0 Å². The smallest absolute Gasteiger partial charge is 0.242 e. The molecule has 5 rings (SSSR count). The van der Waals surface area contributed by atoms with Gasteiger partial charge in [-0.25, -0.2) is 15.0 Å². The summed E-state index contributed by atoms with van der Waals surface area (Å²) in [4.78, 5) is 37.9. The minimum atomic E-state index is -0.891. The lowest BCUT2D eigenvalue weighted by molar-refractivity contribution is -0.134. The van der Waals surface area contributed by atoms with E-state index in [1.165, 1.54) is 0 Å². The van der Waals surface area contributed by atoms with Gasteiger partial charge in [0.2, 0.25) is 17.8 Å². The molecule has 1 amide bonds. The highest BCUT2D eigenvalue weighted by molar-refractivity contribution is 5.85. The van der Waals surface area contributed by atoms with E-state index in [0.29, 0.717) is 32.3 Å². The molecule has 0 aliphatic carbocycles. The fraction of sp³-hybridized carbons (Fsp3) is 0.625. The van der Waals surface area contributed by atoms with E-state index in [9.17, 15) is 4.79 Å². The van der Waals surface area contributed by atoms with Crippen molar-refractivity contribution in [1.82, 2.24) is 24.8 Å². The average Bonchev–Trinajstić information content (AvgIpc) is 3.43. The second kappa shape index (κ2) is 8.56. The van der Waals surface area contributed by atoms with Crippen molar-refractivity contribution < 1.29 is 9.53 Å². The van der Waals surface area contributed by atoms with Gasteiger partial charge in [-0.2, -0.15) is 4.98 Å². The van der Waals surface area contributed by atoms with E-state index >= 15 is 0 Å². The third-order valence-electron chi connectivity index (χ3n) is 7.33. The topological polar surface area (TPSA) is 140 Å². The Bertz CT molecular complexity index is 1120. The fourth-order valence-electron chi connectivity index (χ4n) is 5.37. The maximum atomic E-state index is 12.9. The summed E-state index contributed by atoms with van der Waals surface area (Å²) >= 11 is 0. The summed E-state index contributed by atoms with van der Waals surface area (Å²) in [5, 5.41) is 0. The Balaban J connectivity index is 1.55. The lowest BCUT2D eigenvalue weighted by Crippen LogP contribution is -2.53. The van der Waals surface area contributed by atoms with Crippen molar-refractivity contribution in [3.63, 3.8) is 0 Å². The van der Waals surface area contributed by atoms with Crippen LogP contribution >= 0.6 is 0 Å². The van der Waals surface area contributed by atoms with Crippen molar-refractivity contribution in [2.24, 2.45) is 5.73 Å². The number of ether oxygens (including phenoxy) is 1. The van der Waals surface area contributed by atoms with E-state index in [4.69, 9.17) is 26.2 Å². The summed E-state index contributed by atoms with van der Waals surface area (Å²) in [7, 11) is 0. The Morgan fingerprint density at radius 2 is 1.94 bits per heavy atom. The van der Waals surface area contributed by atoms with Gasteiger partial charge in [-0.1, -0.05) is 0 Å². The Morgan fingerprint density at radius 1 is 1.20 bits per heavy atom. The number of nitrogens with zero attached hydrogens (tertiary/aromatic N) is 7. The normalized spacial score (nSPS) is 24.7. The van der Waals surface area contributed by atoms with Crippen LogP contribution < -0.4 is 21.3 Å². The molecule has 2 atom stereocenters. The molecule has 0 aromatic carbocycles. The maximum Gasteiger partial charge on any atom is 0.242 e. The highest BCUT2D eigenvalue weighted by atomic mass is 16.5. The molecule has 11 nitrogen and oxygen atoms in total. The van der Waals surface area contributed by atoms with Gasteiger partial charge in [0, 0.05) is 49.7 Å². The molecular formula is C24H35N9O2. The number of anilines is 3. The fourth-order valence-corrected chi connectivity index (χ4v) is 5.37. The molecule has 0 radical (unpaired) electrons. The number of aromatic nitrogens is 4. The SMILES string of the molecule is C[C@H]1COCCN1c1nc(-c2cnc(N)nc2)c2c(n1)N([C@@]1(C)CCN(C(=O)C(C)(C)N)C1)CC2. The zero-order valence-electron chi connectivity index (χ0n) is 21.0. The predicted molar refractivity (Wildman–Crippen MR) is 134 cm³/mol. The van der Waals surface area contributed by atoms with Gasteiger partial charge in [0.05, 0.1) is 36.0 Å². The van der Waals surface area contributed by atoms with Crippen LogP contribution in [0.1, 0.15) is 39.7 Å². The molecule has 5 heterocycles. The Kier molecular flexibility index (Phi) is 5.79. The minimum Gasteiger partial charge on any atom is -0.377 e. The van der Waals surface area contributed by atoms with Crippen LogP contribution in [0.3, 0.4) is 0 Å². The van der Waals surface area contributed by atoms with E-state index in [1.54, 1.807) is 26.2 Å². The molecule has 4 N–H and O–H groups in total. The Hall–Kier alpha value is -3.05. The molecule has 2 saturated heterocycles. The molecule has 11 heteroatoms. The molecule has 3 aliphatic rings. The molecular weight excluding hydrogens is 446 g/mol. The first-order chi connectivity index (χ1) is 16.6. The average molecular weight is 482 g/mol. The first-order valence-electron chi connectivity index (χ1n) is 12.3.